The minimum Gasteiger partial charge on any atom is -0.454 e. The van der Waals surface area contributed by atoms with Gasteiger partial charge in [-0.2, -0.15) is 0 Å². The second-order valence-corrected chi connectivity index (χ2v) is 6.13. The van der Waals surface area contributed by atoms with Gasteiger partial charge >= 0.3 is 0 Å². The van der Waals surface area contributed by atoms with Crippen LogP contribution in [0.2, 0.25) is 10.0 Å². The van der Waals surface area contributed by atoms with Gasteiger partial charge in [0.15, 0.2) is 0 Å². The first kappa shape index (κ1) is 16.6. The van der Waals surface area contributed by atoms with E-state index in [0.717, 1.165) is 23.0 Å². The van der Waals surface area contributed by atoms with Gasteiger partial charge in [0.1, 0.15) is 11.5 Å². The number of nitrogens with one attached hydrogen (secondary N) is 1. The first-order valence-corrected chi connectivity index (χ1v) is 8.12. The van der Waals surface area contributed by atoms with Gasteiger partial charge in [0.2, 0.25) is 0 Å². The molecule has 21 heavy (non-hydrogen) atoms. The number of ether oxygens (including phenoxy) is 1. The standard InChI is InChI=1S/C15H15BrCl2N2O/c1-2-4-19-8-10-3-5-20-9-15(10)21-14-7-12(17)11(16)6-13(14)18/h3,5-7,9,19H,2,4,8H2,1H3. The maximum absolute atomic E-state index is 6.18. The first-order chi connectivity index (χ1) is 10.1. The van der Waals surface area contributed by atoms with Gasteiger partial charge in [0.25, 0.3) is 0 Å². The fraction of sp³-hybridized carbons (Fsp3) is 0.267. The van der Waals surface area contributed by atoms with Crippen LogP contribution in [0.25, 0.3) is 0 Å². The molecule has 0 amide bonds. The normalized spacial score (nSPS) is 10.7. The molecule has 0 aliphatic heterocycles. The molecule has 0 unspecified atom stereocenters. The zero-order valence-electron chi connectivity index (χ0n) is 11.5. The van der Waals surface area contributed by atoms with Gasteiger partial charge in [0.05, 0.1) is 16.2 Å². The van der Waals surface area contributed by atoms with Crippen molar-refractivity contribution in [2.24, 2.45) is 0 Å². The van der Waals surface area contributed by atoms with Gasteiger partial charge in [-0.3, -0.25) is 4.98 Å². The molecule has 1 aromatic carbocycles. The zero-order chi connectivity index (χ0) is 15.2. The summed E-state index contributed by atoms with van der Waals surface area (Å²) in [6.07, 6.45) is 4.50. The van der Waals surface area contributed by atoms with Crippen molar-refractivity contribution in [2.45, 2.75) is 19.9 Å². The van der Waals surface area contributed by atoms with Crippen molar-refractivity contribution in [2.75, 3.05) is 6.54 Å². The molecule has 3 nitrogen and oxygen atoms in total. The number of hydrogen-bond donors (Lipinski definition) is 1. The van der Waals surface area contributed by atoms with Crippen molar-refractivity contribution in [3.8, 4) is 11.5 Å². The molecule has 1 N–H and O–H groups in total. The van der Waals surface area contributed by atoms with E-state index in [9.17, 15) is 0 Å². The van der Waals surface area contributed by atoms with Crippen LogP contribution in [0.15, 0.2) is 35.1 Å². The molecule has 1 heterocycles. The lowest BCUT2D eigenvalue weighted by Crippen LogP contribution is -2.14. The average molecular weight is 390 g/mol. The predicted molar refractivity (Wildman–Crippen MR) is 90.5 cm³/mol. The highest BCUT2D eigenvalue weighted by atomic mass is 79.9. The van der Waals surface area contributed by atoms with E-state index in [0.29, 0.717) is 28.1 Å². The Morgan fingerprint density at radius 2 is 2.05 bits per heavy atom. The van der Waals surface area contributed by atoms with Gasteiger partial charge in [0, 0.05) is 28.8 Å². The number of pyridine rings is 1. The molecule has 0 saturated carbocycles. The van der Waals surface area contributed by atoms with Crippen molar-refractivity contribution in [3.63, 3.8) is 0 Å². The molecule has 1 aromatic heterocycles. The van der Waals surface area contributed by atoms with Gasteiger partial charge in [-0.05, 0) is 41.0 Å². The molecular weight excluding hydrogens is 375 g/mol. The summed E-state index contributed by atoms with van der Waals surface area (Å²) in [7, 11) is 0. The quantitative estimate of drug-likeness (QED) is 0.527. The Morgan fingerprint density at radius 1 is 1.24 bits per heavy atom. The van der Waals surface area contributed by atoms with Gasteiger partial charge in [-0.25, -0.2) is 0 Å². The molecule has 0 radical (unpaired) electrons. The third-order valence-electron chi connectivity index (χ3n) is 2.81. The van der Waals surface area contributed by atoms with Crippen LogP contribution in [0.1, 0.15) is 18.9 Å². The molecule has 0 aliphatic carbocycles. The topological polar surface area (TPSA) is 34.2 Å². The summed E-state index contributed by atoms with van der Waals surface area (Å²) in [4.78, 5) is 4.10. The minimum absolute atomic E-state index is 0.489. The molecule has 2 aromatic rings. The van der Waals surface area contributed by atoms with Crippen LogP contribution in [0.4, 0.5) is 0 Å². The fourth-order valence-corrected chi connectivity index (χ4v) is 2.58. The summed E-state index contributed by atoms with van der Waals surface area (Å²) in [6, 6.07) is 5.32. The van der Waals surface area contributed by atoms with Gasteiger partial charge < -0.3 is 10.1 Å². The van der Waals surface area contributed by atoms with E-state index in [1.54, 1.807) is 24.5 Å². The van der Waals surface area contributed by atoms with E-state index in [1.165, 1.54) is 0 Å². The predicted octanol–water partition coefficient (Wildman–Crippen LogP) is 5.44. The van der Waals surface area contributed by atoms with Crippen molar-refractivity contribution in [1.82, 2.24) is 10.3 Å². The highest BCUT2D eigenvalue weighted by Gasteiger charge is 2.10. The van der Waals surface area contributed by atoms with Crippen molar-refractivity contribution < 1.29 is 4.74 Å². The highest BCUT2D eigenvalue weighted by molar-refractivity contribution is 9.10. The smallest absolute Gasteiger partial charge is 0.150 e. The van der Waals surface area contributed by atoms with Gasteiger partial charge in [-0.15, -0.1) is 0 Å². The van der Waals surface area contributed by atoms with Crippen LogP contribution in [0.3, 0.4) is 0 Å². The first-order valence-electron chi connectivity index (χ1n) is 6.57. The molecule has 2 rings (SSSR count). The number of hydrogen-bond acceptors (Lipinski definition) is 3. The number of rotatable bonds is 6. The third-order valence-corrected chi connectivity index (χ3v) is 4.30. The Labute approximate surface area is 142 Å². The van der Waals surface area contributed by atoms with Crippen LogP contribution >= 0.6 is 39.1 Å². The van der Waals surface area contributed by atoms with Crippen molar-refractivity contribution >= 4 is 39.1 Å². The van der Waals surface area contributed by atoms with E-state index < -0.39 is 0 Å². The maximum Gasteiger partial charge on any atom is 0.150 e. The van der Waals surface area contributed by atoms with E-state index in [-0.39, 0.29) is 0 Å². The number of benzene rings is 1. The fourth-order valence-electron chi connectivity index (χ4n) is 1.75. The highest BCUT2D eigenvalue weighted by Crippen LogP contribution is 2.37. The zero-order valence-corrected chi connectivity index (χ0v) is 14.6. The van der Waals surface area contributed by atoms with Crippen LogP contribution in [-0.4, -0.2) is 11.5 Å². The number of halogens is 3. The van der Waals surface area contributed by atoms with Gasteiger partial charge in [-0.1, -0.05) is 30.1 Å². The second kappa shape index (κ2) is 7.99. The Bertz CT molecular complexity index is 623. The summed E-state index contributed by atoms with van der Waals surface area (Å²) in [5.41, 5.74) is 1.02. The Morgan fingerprint density at radius 3 is 2.81 bits per heavy atom. The summed E-state index contributed by atoms with van der Waals surface area (Å²) in [6.45, 7) is 3.79. The second-order valence-electron chi connectivity index (χ2n) is 4.46. The molecule has 0 atom stereocenters. The summed E-state index contributed by atoms with van der Waals surface area (Å²) < 4.78 is 6.60. The SMILES string of the molecule is CCCNCc1ccncc1Oc1cc(Cl)c(Br)cc1Cl. The largest absolute Gasteiger partial charge is 0.454 e. The molecule has 0 spiro atoms. The summed E-state index contributed by atoms with van der Waals surface area (Å²) in [5.74, 6) is 1.18. The van der Waals surface area contributed by atoms with E-state index in [4.69, 9.17) is 27.9 Å². The van der Waals surface area contributed by atoms with E-state index in [1.807, 2.05) is 6.07 Å². The number of nitrogens with zero attached hydrogens (tertiary/aromatic N) is 1. The number of aromatic nitrogens is 1. The molecule has 0 saturated heterocycles. The lowest BCUT2D eigenvalue weighted by molar-refractivity contribution is 0.470. The Balaban J connectivity index is 2.21. The Kier molecular flexibility index (Phi) is 6.30. The van der Waals surface area contributed by atoms with Crippen molar-refractivity contribution in [3.05, 3.63) is 50.7 Å². The molecule has 112 valence electrons. The van der Waals surface area contributed by atoms with Crippen molar-refractivity contribution in [1.29, 1.82) is 0 Å². The monoisotopic (exact) mass is 388 g/mol. The van der Waals surface area contributed by atoms with E-state index in [2.05, 4.69) is 33.2 Å². The molecule has 0 bridgehead atoms. The molecule has 6 heteroatoms. The lowest BCUT2D eigenvalue weighted by Gasteiger charge is -2.13. The van der Waals surface area contributed by atoms with Crippen LogP contribution in [0, 0.1) is 0 Å². The molecule has 0 aliphatic rings. The minimum atomic E-state index is 0.489. The van der Waals surface area contributed by atoms with Crippen LogP contribution in [0.5, 0.6) is 11.5 Å². The maximum atomic E-state index is 6.18. The molecule has 0 fully saturated rings. The third kappa shape index (κ3) is 4.58. The summed E-state index contributed by atoms with van der Waals surface area (Å²) >= 11 is 15.6. The van der Waals surface area contributed by atoms with E-state index >= 15 is 0 Å². The average Bonchev–Trinajstić information content (AvgIpc) is 2.47. The summed E-state index contributed by atoms with van der Waals surface area (Å²) in [5, 5.41) is 4.37. The lowest BCUT2D eigenvalue weighted by atomic mass is 10.2. The van der Waals surface area contributed by atoms with Crippen LogP contribution in [-0.2, 0) is 6.54 Å². The Hall–Kier alpha value is -0.810. The molecular formula is C15H15BrCl2N2O. The van der Waals surface area contributed by atoms with Crippen LogP contribution < -0.4 is 10.1 Å².